The molecule has 5 nitrogen and oxygen atoms in total. The molecule has 4 rings (SSSR count). The number of benzene rings is 2. The van der Waals surface area contributed by atoms with Crippen LogP contribution in [0.4, 0.5) is 8.78 Å². The second-order valence-electron chi connectivity index (χ2n) is 11.1. The highest BCUT2D eigenvalue weighted by atomic mass is 35.5. The number of nitrogens with zero attached hydrogens (tertiary/aromatic N) is 3. The minimum absolute atomic E-state index is 0.0472. The molecular formula is C28H31Cl2F2N3O2. The van der Waals surface area contributed by atoms with E-state index in [1.807, 2.05) is 20.8 Å². The zero-order valence-corrected chi connectivity index (χ0v) is 22.8. The van der Waals surface area contributed by atoms with Crippen LogP contribution in [0.3, 0.4) is 0 Å². The molecule has 0 aliphatic carbocycles. The Morgan fingerprint density at radius 1 is 1.24 bits per heavy atom. The predicted octanol–water partition coefficient (Wildman–Crippen LogP) is 5.53. The molecule has 0 bridgehead atoms. The Kier molecular flexibility index (Phi) is 7.62. The van der Waals surface area contributed by atoms with Crippen molar-refractivity contribution in [2.75, 3.05) is 20.2 Å². The molecule has 0 saturated carbocycles. The van der Waals surface area contributed by atoms with Crippen molar-refractivity contribution in [3.8, 4) is 6.07 Å². The van der Waals surface area contributed by atoms with Crippen LogP contribution in [0.1, 0.15) is 50.7 Å². The van der Waals surface area contributed by atoms with Gasteiger partial charge in [-0.3, -0.25) is 9.69 Å². The number of amides is 1. The van der Waals surface area contributed by atoms with Crippen molar-refractivity contribution >= 4 is 29.1 Å². The van der Waals surface area contributed by atoms with Gasteiger partial charge in [0, 0.05) is 29.1 Å². The third kappa shape index (κ3) is 4.42. The molecule has 2 aromatic carbocycles. The van der Waals surface area contributed by atoms with E-state index in [1.54, 1.807) is 22.9 Å². The molecule has 1 N–H and O–H groups in total. The molecular weight excluding hydrogens is 519 g/mol. The molecule has 2 heterocycles. The van der Waals surface area contributed by atoms with Gasteiger partial charge in [0.2, 0.25) is 5.91 Å². The first-order valence-electron chi connectivity index (χ1n) is 12.3. The summed E-state index contributed by atoms with van der Waals surface area (Å²) in [5, 5.41) is 20.9. The minimum atomic E-state index is -1.68. The van der Waals surface area contributed by atoms with Crippen molar-refractivity contribution in [3.05, 3.63) is 69.2 Å². The molecule has 2 fully saturated rings. The number of carbonyl (C=O) groups excluding carboxylic acids is 1. The zero-order chi connectivity index (χ0) is 27.3. The van der Waals surface area contributed by atoms with E-state index in [0.717, 1.165) is 12.5 Å². The van der Waals surface area contributed by atoms with E-state index in [-0.39, 0.29) is 39.7 Å². The van der Waals surface area contributed by atoms with Gasteiger partial charge in [-0.05, 0) is 49.1 Å². The van der Waals surface area contributed by atoms with Crippen molar-refractivity contribution in [2.24, 2.45) is 5.41 Å². The van der Waals surface area contributed by atoms with Gasteiger partial charge in [-0.2, -0.15) is 5.26 Å². The standard InChI is InChI=1S/C28H31Cl2F2N3O2/c1-27(2,3)26-28(15-33,19-11-10-16(29)13-21(19)31)22(18-8-5-9-20(30)23(18)32)24(34(26)4)25(37)35-12-6-7-17(35)14-36/h5,8-11,13,17,22,24,26,36H,6-7,12,14H2,1-4H3/t17-,22+,24-,26+,28-/m1/s1. The fraction of sp³-hybridized carbons (Fsp3) is 0.500. The predicted molar refractivity (Wildman–Crippen MR) is 139 cm³/mol. The average molecular weight is 550 g/mol. The fourth-order valence-corrected chi connectivity index (χ4v) is 7.08. The Bertz CT molecular complexity index is 1240. The Balaban J connectivity index is 2.07. The highest BCUT2D eigenvalue weighted by molar-refractivity contribution is 6.31. The van der Waals surface area contributed by atoms with Crippen LogP contribution in [0.2, 0.25) is 10.0 Å². The van der Waals surface area contributed by atoms with Crippen molar-refractivity contribution in [2.45, 2.75) is 63.1 Å². The van der Waals surface area contributed by atoms with Crippen molar-refractivity contribution in [1.82, 2.24) is 9.80 Å². The number of nitriles is 1. The van der Waals surface area contributed by atoms with Gasteiger partial charge in [0.05, 0.1) is 29.8 Å². The topological polar surface area (TPSA) is 67.6 Å². The van der Waals surface area contributed by atoms with E-state index >= 15 is 8.78 Å². The van der Waals surface area contributed by atoms with Gasteiger partial charge >= 0.3 is 0 Å². The number of halogens is 4. The van der Waals surface area contributed by atoms with E-state index in [4.69, 9.17) is 23.2 Å². The maximum absolute atomic E-state index is 15.8. The second-order valence-corrected chi connectivity index (χ2v) is 12.0. The van der Waals surface area contributed by atoms with Gasteiger partial charge in [0.25, 0.3) is 0 Å². The number of carbonyl (C=O) groups is 1. The number of likely N-dealkylation sites (N-methyl/N-ethyl adjacent to an activating group) is 1. The summed E-state index contributed by atoms with van der Waals surface area (Å²) < 4.78 is 31.5. The summed E-state index contributed by atoms with van der Waals surface area (Å²) in [5.41, 5.74) is -2.20. The largest absolute Gasteiger partial charge is 0.394 e. The molecule has 2 saturated heterocycles. The molecule has 1 amide bonds. The normalized spacial score (nSPS) is 28.5. The second kappa shape index (κ2) is 10.1. The molecule has 0 spiro atoms. The van der Waals surface area contributed by atoms with Crippen LogP contribution in [0.5, 0.6) is 0 Å². The Hall–Kier alpha value is -2.24. The molecule has 2 aliphatic heterocycles. The summed E-state index contributed by atoms with van der Waals surface area (Å²) >= 11 is 12.3. The maximum atomic E-state index is 15.8. The molecule has 0 aromatic heterocycles. The molecule has 2 aromatic rings. The highest BCUT2D eigenvalue weighted by Crippen LogP contribution is 2.58. The van der Waals surface area contributed by atoms with Gasteiger partial charge < -0.3 is 10.0 Å². The van der Waals surface area contributed by atoms with Gasteiger partial charge in [-0.25, -0.2) is 8.78 Å². The van der Waals surface area contributed by atoms with Gasteiger partial charge in [0.1, 0.15) is 17.0 Å². The smallest absolute Gasteiger partial charge is 0.240 e. The lowest BCUT2D eigenvalue weighted by atomic mass is 9.60. The zero-order valence-electron chi connectivity index (χ0n) is 21.3. The number of aliphatic hydroxyl groups is 1. The first-order chi connectivity index (χ1) is 17.4. The maximum Gasteiger partial charge on any atom is 0.240 e. The molecule has 2 aliphatic rings. The lowest BCUT2D eigenvalue weighted by molar-refractivity contribution is -0.138. The molecule has 9 heteroatoms. The van der Waals surface area contributed by atoms with Crippen LogP contribution in [-0.4, -0.2) is 59.1 Å². The lowest BCUT2D eigenvalue weighted by Gasteiger charge is -2.43. The summed E-state index contributed by atoms with van der Waals surface area (Å²) in [5.74, 6) is -2.88. The number of hydrogen-bond acceptors (Lipinski definition) is 4. The van der Waals surface area contributed by atoms with Gasteiger partial charge in [0.15, 0.2) is 0 Å². The molecule has 0 radical (unpaired) electrons. The summed E-state index contributed by atoms with van der Waals surface area (Å²) in [6.45, 7) is 5.99. The average Bonchev–Trinajstić information content (AvgIpc) is 3.41. The number of likely N-dealkylation sites (tertiary alicyclic amines) is 2. The van der Waals surface area contributed by atoms with E-state index in [2.05, 4.69) is 6.07 Å². The quantitative estimate of drug-likeness (QED) is 0.544. The monoisotopic (exact) mass is 549 g/mol. The van der Waals surface area contributed by atoms with Crippen LogP contribution >= 0.6 is 23.2 Å². The van der Waals surface area contributed by atoms with Crippen molar-refractivity contribution in [3.63, 3.8) is 0 Å². The SMILES string of the molecule is CN1[C@@H](C(=O)N2CCC[C@@H]2CO)[C@H](c2cccc(Cl)c2F)[C@@](C#N)(c2ccc(Cl)cc2F)[C@@H]1C(C)(C)C. The lowest BCUT2D eigenvalue weighted by Crippen LogP contribution is -2.52. The third-order valence-electron chi connectivity index (χ3n) is 7.91. The molecule has 37 heavy (non-hydrogen) atoms. The van der Waals surface area contributed by atoms with Crippen LogP contribution in [0.25, 0.3) is 0 Å². The van der Waals surface area contributed by atoms with Crippen LogP contribution in [0, 0.1) is 28.4 Å². The Morgan fingerprint density at radius 3 is 2.54 bits per heavy atom. The van der Waals surface area contributed by atoms with Gasteiger partial charge in [-0.15, -0.1) is 0 Å². The summed E-state index contributed by atoms with van der Waals surface area (Å²) in [6.07, 6.45) is 1.37. The van der Waals surface area contributed by atoms with Crippen molar-refractivity contribution in [1.29, 1.82) is 5.26 Å². The fourth-order valence-electron chi connectivity index (χ4n) is 6.74. The molecule has 0 unspecified atom stereocenters. The Labute approximate surface area is 226 Å². The summed E-state index contributed by atoms with van der Waals surface area (Å²) in [6, 6.07) is 8.87. The first-order valence-corrected chi connectivity index (χ1v) is 13.1. The first kappa shape index (κ1) is 27.8. The van der Waals surface area contributed by atoms with Gasteiger partial charge in [-0.1, -0.05) is 62.2 Å². The third-order valence-corrected chi connectivity index (χ3v) is 8.43. The minimum Gasteiger partial charge on any atom is -0.394 e. The highest BCUT2D eigenvalue weighted by Gasteiger charge is 2.66. The van der Waals surface area contributed by atoms with E-state index in [0.29, 0.717) is 13.0 Å². The van der Waals surface area contributed by atoms with E-state index in [1.165, 1.54) is 24.3 Å². The summed E-state index contributed by atoms with van der Waals surface area (Å²) in [4.78, 5) is 17.6. The number of rotatable bonds is 4. The molecule has 5 atom stereocenters. The Morgan fingerprint density at radius 2 is 1.95 bits per heavy atom. The van der Waals surface area contributed by atoms with Crippen molar-refractivity contribution < 1.29 is 18.7 Å². The van der Waals surface area contributed by atoms with E-state index < -0.39 is 40.5 Å². The van der Waals surface area contributed by atoms with Crippen LogP contribution < -0.4 is 0 Å². The summed E-state index contributed by atoms with van der Waals surface area (Å²) in [7, 11) is 1.73. The van der Waals surface area contributed by atoms with E-state index in [9.17, 15) is 15.2 Å². The number of hydrogen-bond donors (Lipinski definition) is 1. The number of aliphatic hydroxyl groups excluding tert-OH is 1. The van der Waals surface area contributed by atoms with Crippen LogP contribution in [-0.2, 0) is 10.2 Å². The van der Waals surface area contributed by atoms with Crippen LogP contribution in [0.15, 0.2) is 36.4 Å². The molecule has 198 valence electrons.